The molecule has 0 bridgehead atoms. The summed E-state index contributed by atoms with van der Waals surface area (Å²) in [6.07, 6.45) is 37.6. The van der Waals surface area contributed by atoms with E-state index in [9.17, 15) is 47.9 Å². The largest absolute Gasteiger partial charge is 0.379 e. The molecule has 0 N–H and O–H groups in total. The lowest BCUT2D eigenvalue weighted by Gasteiger charge is -2.32. The van der Waals surface area contributed by atoms with Crippen molar-refractivity contribution in [2.45, 2.75) is 370 Å². The molecule has 0 saturated carbocycles. The highest BCUT2D eigenvalue weighted by atomic mass is 16.5. The molecule has 136 heavy (non-hydrogen) atoms. The molecule has 0 aromatic carbocycles. The van der Waals surface area contributed by atoms with Crippen molar-refractivity contribution in [1.29, 1.82) is 0 Å². The zero-order chi connectivity index (χ0) is 101. The van der Waals surface area contributed by atoms with Gasteiger partial charge in [-0.15, -0.1) is 0 Å². The SMILES string of the molecule is CC(C)CC(=O)CCCN1CCCCC1.CC(C)CC(=O)CCCN1CCCCC1.CC(C)CC(=O)CCN1CCCCC1.CC(C)CC(=O)CCN1CCCCC1.CC(C)CC(=O)CCN1CCN(C)CC1.CC(C)CC(=O)CCN1CCOCC1.CC(C)CC(=O)N1CCCCC1.CC(C)CC(=O)N1CCCCC1.CC(C)CC(=O)N1CCN(C)CC1.CC(C)CC(=O)N1CCOCC1. The van der Waals surface area contributed by atoms with Crippen molar-refractivity contribution in [2.75, 3.05) is 237 Å². The number of ketones is 6. The Morgan fingerprint density at radius 1 is 0.184 bits per heavy atom. The number of carbonyl (C=O) groups excluding carboxylic acids is 10. The Labute approximate surface area is 835 Å². The Bertz CT molecular complexity index is 2790. The highest BCUT2D eigenvalue weighted by Gasteiger charge is 2.25. The lowest BCUT2D eigenvalue weighted by atomic mass is 10.0. The van der Waals surface area contributed by atoms with Crippen LogP contribution < -0.4 is 0 Å². The molecule has 0 unspecified atom stereocenters. The van der Waals surface area contributed by atoms with Crippen molar-refractivity contribution < 1.29 is 57.4 Å². The summed E-state index contributed by atoms with van der Waals surface area (Å²) >= 11 is 0. The second-order valence-electron chi connectivity index (χ2n) is 45.2. The number of likely N-dealkylation sites (tertiary alicyclic amines) is 6. The smallest absolute Gasteiger partial charge is 0.222 e. The average Bonchev–Trinajstić information content (AvgIpc) is 0.848. The van der Waals surface area contributed by atoms with Gasteiger partial charge in [-0.1, -0.05) is 164 Å². The molecule has 10 saturated heterocycles. The van der Waals surface area contributed by atoms with E-state index >= 15 is 0 Å². The second kappa shape index (κ2) is 81.9. The summed E-state index contributed by atoms with van der Waals surface area (Å²) < 4.78 is 10.4. The Balaban J connectivity index is 0.000000756. The first-order valence-electron chi connectivity index (χ1n) is 55.8. The summed E-state index contributed by atoms with van der Waals surface area (Å²) in [4.78, 5) is 142. The van der Waals surface area contributed by atoms with E-state index in [1.54, 1.807) is 0 Å². The quantitative estimate of drug-likeness (QED) is 0.0555. The number of piperazine rings is 2. The third kappa shape index (κ3) is 76.2. The predicted molar refractivity (Wildman–Crippen MR) is 566 cm³/mol. The zero-order valence-corrected chi connectivity index (χ0v) is 92.5. The molecule has 10 heterocycles. The number of hydrogen-bond acceptors (Lipinski definition) is 20. The number of carbonyl (C=O) groups is 10. The normalized spacial score (nSPS) is 18.8. The molecule has 0 aromatic heterocycles. The van der Waals surface area contributed by atoms with Crippen molar-refractivity contribution in [3.05, 3.63) is 0 Å². The number of hydrogen-bond donors (Lipinski definition) is 0. The number of nitrogens with zero attached hydrogens (tertiary/aromatic N) is 12. The number of piperidine rings is 6. The molecule has 10 aliphatic rings. The zero-order valence-electron chi connectivity index (χ0n) is 92.5. The van der Waals surface area contributed by atoms with Crippen molar-refractivity contribution in [1.82, 2.24) is 58.8 Å². The van der Waals surface area contributed by atoms with Crippen LogP contribution in [0.25, 0.3) is 0 Å². The lowest BCUT2D eigenvalue weighted by molar-refractivity contribution is -0.136. The third-order valence-electron chi connectivity index (χ3n) is 26.0. The van der Waals surface area contributed by atoms with Crippen LogP contribution in [0, 0.1) is 59.2 Å². The van der Waals surface area contributed by atoms with Crippen LogP contribution in [-0.2, 0) is 57.4 Å². The molecule has 796 valence electrons. The van der Waals surface area contributed by atoms with Gasteiger partial charge in [0.15, 0.2) is 0 Å². The van der Waals surface area contributed by atoms with E-state index in [-0.39, 0.29) is 5.91 Å². The Morgan fingerprint density at radius 2 is 0.360 bits per heavy atom. The van der Waals surface area contributed by atoms with Gasteiger partial charge in [0.1, 0.15) is 34.7 Å². The fourth-order valence-corrected chi connectivity index (χ4v) is 18.2. The van der Waals surface area contributed by atoms with Gasteiger partial charge in [-0.3, -0.25) is 52.8 Å². The molecule has 10 aliphatic heterocycles. The fraction of sp³-hybridized carbons (Fsp3) is 0.911. The number of likely N-dealkylation sites (N-methyl/N-ethyl adjacent to an activating group) is 2. The predicted octanol–water partition coefficient (Wildman–Crippen LogP) is 19.0. The first kappa shape index (κ1) is 130. The number of Topliss-reactive ketones (excluding diaryl/α,β-unsaturated/α-hetero) is 6. The van der Waals surface area contributed by atoms with Crippen LogP contribution in [0.4, 0.5) is 0 Å². The minimum absolute atomic E-state index is 0.272. The molecule has 10 fully saturated rings. The van der Waals surface area contributed by atoms with Gasteiger partial charge in [-0.2, -0.15) is 0 Å². The first-order valence-corrected chi connectivity index (χ1v) is 55.8. The topological polar surface area (TPSA) is 228 Å². The standard InChI is InChI=1S/2C13H25NO.C12H24N2O.2C12H23NO.C11H21NO2.C10H20N2O.2C10H19NO.C9H17NO2/c2*1-12(2)11-13(15)7-6-10-14-8-4-3-5-9-14;1-11(2)10-12(15)4-5-14-8-6-13(3)7-9-14;2*1-11(2)10-12(14)6-9-13-7-4-3-5-8-13;1-10(2)9-11(13)3-4-12-5-7-14-8-6-12;1-9(2)8-10(13)12-6-4-11(3)5-7-12;2*1-9(2)8-10(12)11-6-4-3-5-7-11;1-8(2)7-9(11)10-3-5-12-6-4-10/h2*12H,3-11H2,1-2H3;11H,4-10H2,1-3H3;2*11H,3-10H2,1-2H3;10H,3-9H2,1-2H3;9H,4-8H2,1-3H3;2*9H,3-8H2,1-2H3;8H,3-7H2,1-2H3. The molecule has 10 rings (SSSR count). The molecule has 0 aliphatic carbocycles. The molecule has 24 nitrogen and oxygen atoms in total. The number of amides is 4. The van der Waals surface area contributed by atoms with Gasteiger partial charge in [0.05, 0.1) is 26.4 Å². The van der Waals surface area contributed by atoms with E-state index in [0.717, 1.165) is 254 Å². The molecule has 0 spiro atoms. The van der Waals surface area contributed by atoms with Gasteiger partial charge in [-0.25, -0.2) is 0 Å². The van der Waals surface area contributed by atoms with Crippen LogP contribution in [0.5, 0.6) is 0 Å². The summed E-state index contributed by atoms with van der Waals surface area (Å²) in [6.45, 7) is 76.8. The highest BCUT2D eigenvalue weighted by molar-refractivity contribution is 5.81. The van der Waals surface area contributed by atoms with Crippen LogP contribution in [-0.4, -0.2) is 354 Å². The summed E-state index contributed by atoms with van der Waals surface area (Å²) in [7, 11) is 4.26. The molecule has 0 atom stereocenters. The van der Waals surface area contributed by atoms with Gasteiger partial charge in [0.25, 0.3) is 0 Å². The van der Waals surface area contributed by atoms with E-state index in [2.05, 4.69) is 192 Å². The van der Waals surface area contributed by atoms with E-state index in [4.69, 9.17) is 9.47 Å². The molecule has 24 heteroatoms. The summed E-state index contributed by atoms with van der Waals surface area (Å²) in [5.41, 5.74) is 0. The number of morpholine rings is 2. The minimum Gasteiger partial charge on any atom is -0.379 e. The van der Waals surface area contributed by atoms with Crippen LogP contribution in [0.3, 0.4) is 0 Å². The van der Waals surface area contributed by atoms with Crippen LogP contribution >= 0.6 is 0 Å². The minimum atomic E-state index is 0.272. The number of rotatable bonds is 40. The monoisotopic (exact) mass is 1920 g/mol. The Morgan fingerprint density at radius 3 is 0.596 bits per heavy atom. The molecule has 4 amide bonds. The van der Waals surface area contributed by atoms with Gasteiger partial charge in [0, 0.05) is 234 Å². The Kier molecular flexibility index (Phi) is 78.0. The van der Waals surface area contributed by atoms with E-state index in [0.29, 0.717) is 144 Å². The molecular formula is C112H216N12O12. The summed E-state index contributed by atoms with van der Waals surface area (Å²) in [6, 6.07) is 0. The van der Waals surface area contributed by atoms with Gasteiger partial charge < -0.3 is 63.4 Å². The van der Waals surface area contributed by atoms with Crippen molar-refractivity contribution in [2.24, 2.45) is 59.2 Å². The molecular weight excluding hydrogens is 1710 g/mol. The fourth-order valence-electron chi connectivity index (χ4n) is 18.2. The Hall–Kier alpha value is -4.50. The van der Waals surface area contributed by atoms with Crippen LogP contribution in [0.2, 0.25) is 0 Å². The van der Waals surface area contributed by atoms with Crippen molar-refractivity contribution >= 4 is 58.3 Å². The highest BCUT2D eigenvalue weighted by Crippen LogP contribution is 2.20. The van der Waals surface area contributed by atoms with Gasteiger partial charge in [-0.05, 0) is 241 Å². The van der Waals surface area contributed by atoms with Crippen molar-refractivity contribution in [3.63, 3.8) is 0 Å². The summed E-state index contributed by atoms with van der Waals surface area (Å²) in [5.74, 6) is 8.89. The summed E-state index contributed by atoms with van der Waals surface area (Å²) in [5, 5.41) is 0. The maximum absolute atomic E-state index is 11.6. The van der Waals surface area contributed by atoms with Crippen molar-refractivity contribution in [3.8, 4) is 0 Å². The molecule has 0 aromatic rings. The molecule has 0 radical (unpaired) electrons. The van der Waals surface area contributed by atoms with Gasteiger partial charge in [0.2, 0.25) is 23.6 Å². The first-order chi connectivity index (χ1) is 64.7. The van der Waals surface area contributed by atoms with E-state index < -0.39 is 0 Å². The second-order valence-corrected chi connectivity index (χ2v) is 45.2. The average molecular weight is 1920 g/mol. The maximum Gasteiger partial charge on any atom is 0.222 e. The van der Waals surface area contributed by atoms with E-state index in [1.807, 2.05) is 19.6 Å². The maximum atomic E-state index is 11.6. The third-order valence-corrected chi connectivity index (χ3v) is 26.0. The lowest BCUT2D eigenvalue weighted by Crippen LogP contribution is -2.47. The van der Waals surface area contributed by atoms with Crippen LogP contribution in [0.1, 0.15) is 370 Å². The van der Waals surface area contributed by atoms with Crippen LogP contribution in [0.15, 0.2) is 0 Å². The van der Waals surface area contributed by atoms with Gasteiger partial charge >= 0.3 is 0 Å². The van der Waals surface area contributed by atoms with E-state index in [1.165, 1.54) is 168 Å². The number of ether oxygens (including phenoxy) is 2.